The van der Waals surface area contributed by atoms with Crippen LogP contribution in [0, 0.1) is 0 Å². The Morgan fingerprint density at radius 2 is 2.05 bits per heavy atom. The van der Waals surface area contributed by atoms with E-state index in [1.54, 1.807) is 0 Å². The Morgan fingerprint density at radius 3 is 2.68 bits per heavy atom. The monoisotopic (exact) mass is 269 g/mol. The van der Waals surface area contributed by atoms with E-state index < -0.39 is 0 Å². The summed E-state index contributed by atoms with van der Waals surface area (Å²) in [5.41, 5.74) is 5.87. The predicted molar refractivity (Wildman–Crippen MR) is 74.9 cm³/mol. The van der Waals surface area contributed by atoms with Crippen molar-refractivity contribution in [3.8, 4) is 0 Å². The molecule has 1 unspecified atom stereocenters. The Morgan fingerprint density at radius 1 is 1.32 bits per heavy atom. The second kappa shape index (κ2) is 7.22. The Kier molecular flexibility index (Phi) is 5.60. The maximum absolute atomic E-state index is 12.2. The van der Waals surface area contributed by atoms with Gasteiger partial charge in [-0.2, -0.15) is 0 Å². The highest BCUT2D eigenvalue weighted by Gasteiger charge is 2.22. The predicted octanol–water partition coefficient (Wildman–Crippen LogP) is 0.437. The minimum Gasteiger partial charge on any atom is -0.376 e. The molecule has 0 aromatic rings. The fraction of sp³-hybridized carbons (Fsp3) is 0.929. The number of amides is 1. The van der Waals surface area contributed by atoms with Gasteiger partial charge in [-0.1, -0.05) is 0 Å². The summed E-state index contributed by atoms with van der Waals surface area (Å²) in [5, 5.41) is 0. The van der Waals surface area contributed by atoms with Crippen molar-refractivity contribution in [3.05, 3.63) is 0 Å². The van der Waals surface area contributed by atoms with Crippen LogP contribution in [0.5, 0.6) is 0 Å². The van der Waals surface area contributed by atoms with Crippen LogP contribution in [0.2, 0.25) is 0 Å². The number of hydrogen-bond donors (Lipinski definition) is 1. The van der Waals surface area contributed by atoms with Crippen LogP contribution in [-0.2, 0) is 9.53 Å². The molecule has 2 saturated heterocycles. The highest BCUT2D eigenvalue weighted by Crippen LogP contribution is 2.14. The van der Waals surface area contributed by atoms with Crippen LogP contribution in [0.15, 0.2) is 0 Å². The van der Waals surface area contributed by atoms with Crippen molar-refractivity contribution in [2.24, 2.45) is 5.73 Å². The van der Waals surface area contributed by atoms with Crippen LogP contribution in [0.1, 0.15) is 32.1 Å². The van der Waals surface area contributed by atoms with Gasteiger partial charge in [-0.15, -0.1) is 0 Å². The van der Waals surface area contributed by atoms with Gasteiger partial charge >= 0.3 is 0 Å². The third-order valence-electron chi connectivity index (χ3n) is 4.17. The van der Waals surface area contributed by atoms with E-state index in [9.17, 15) is 4.79 Å². The quantitative estimate of drug-likeness (QED) is 0.804. The van der Waals surface area contributed by atoms with E-state index in [1.807, 2.05) is 11.9 Å². The number of ether oxygens (including phenoxy) is 1. The van der Waals surface area contributed by atoms with Crippen molar-refractivity contribution in [2.45, 2.75) is 44.2 Å². The summed E-state index contributed by atoms with van der Waals surface area (Å²) in [5.74, 6) is 0.199. The maximum atomic E-state index is 12.2. The standard InChI is InChI=1S/C14H27N3O2/c1-16(10-13-4-2-3-9-19-13)14(18)11-17-7-5-12(15)6-8-17/h12-13H,2-11,15H2,1H3. The van der Waals surface area contributed by atoms with Gasteiger partial charge in [-0.3, -0.25) is 9.69 Å². The zero-order valence-electron chi connectivity index (χ0n) is 12.0. The number of carbonyl (C=O) groups is 1. The molecular weight excluding hydrogens is 242 g/mol. The Bertz CT molecular complexity index is 284. The molecule has 0 bridgehead atoms. The number of likely N-dealkylation sites (N-methyl/N-ethyl adjacent to an activating group) is 1. The van der Waals surface area contributed by atoms with Crippen molar-refractivity contribution < 1.29 is 9.53 Å². The summed E-state index contributed by atoms with van der Waals surface area (Å²) in [7, 11) is 1.88. The molecule has 2 heterocycles. The molecule has 0 aromatic carbocycles. The minimum atomic E-state index is 0.199. The minimum absolute atomic E-state index is 0.199. The summed E-state index contributed by atoms with van der Waals surface area (Å²) in [4.78, 5) is 16.2. The molecule has 1 atom stereocenters. The molecule has 0 aliphatic carbocycles. The van der Waals surface area contributed by atoms with Crippen LogP contribution in [0.25, 0.3) is 0 Å². The van der Waals surface area contributed by atoms with E-state index in [2.05, 4.69) is 4.90 Å². The lowest BCUT2D eigenvalue weighted by molar-refractivity contribution is -0.133. The number of piperidine rings is 1. The first kappa shape index (κ1) is 14.8. The molecule has 5 nitrogen and oxygen atoms in total. The number of carbonyl (C=O) groups excluding carboxylic acids is 1. The largest absolute Gasteiger partial charge is 0.376 e. The summed E-state index contributed by atoms with van der Waals surface area (Å²) < 4.78 is 5.68. The normalized spacial score (nSPS) is 26.3. The molecular formula is C14H27N3O2. The van der Waals surface area contributed by atoms with E-state index in [1.165, 1.54) is 6.42 Å². The van der Waals surface area contributed by atoms with E-state index in [4.69, 9.17) is 10.5 Å². The van der Waals surface area contributed by atoms with Gasteiger partial charge in [0.25, 0.3) is 0 Å². The van der Waals surface area contributed by atoms with E-state index in [-0.39, 0.29) is 12.0 Å². The third kappa shape index (κ3) is 4.75. The highest BCUT2D eigenvalue weighted by molar-refractivity contribution is 5.78. The van der Waals surface area contributed by atoms with Crippen molar-refractivity contribution in [1.29, 1.82) is 0 Å². The van der Waals surface area contributed by atoms with E-state index >= 15 is 0 Å². The molecule has 0 spiro atoms. The zero-order valence-corrected chi connectivity index (χ0v) is 12.0. The summed E-state index contributed by atoms with van der Waals surface area (Å²) in [6.07, 6.45) is 5.69. The first-order chi connectivity index (χ1) is 9.15. The Labute approximate surface area is 116 Å². The number of nitrogens with zero attached hydrogens (tertiary/aromatic N) is 2. The van der Waals surface area contributed by atoms with Crippen molar-refractivity contribution in [1.82, 2.24) is 9.80 Å². The lowest BCUT2D eigenvalue weighted by Crippen LogP contribution is -2.46. The molecule has 2 N–H and O–H groups in total. The highest BCUT2D eigenvalue weighted by atomic mass is 16.5. The van der Waals surface area contributed by atoms with E-state index in [0.717, 1.165) is 51.9 Å². The second-order valence-corrected chi connectivity index (χ2v) is 5.88. The average Bonchev–Trinajstić information content (AvgIpc) is 2.42. The molecule has 2 fully saturated rings. The average molecular weight is 269 g/mol. The molecule has 110 valence electrons. The van der Waals surface area contributed by atoms with Crippen LogP contribution >= 0.6 is 0 Å². The van der Waals surface area contributed by atoms with Gasteiger partial charge in [0.15, 0.2) is 0 Å². The zero-order chi connectivity index (χ0) is 13.7. The SMILES string of the molecule is CN(CC1CCCCO1)C(=O)CN1CCC(N)CC1. The fourth-order valence-corrected chi connectivity index (χ4v) is 2.78. The van der Waals surface area contributed by atoms with Crippen LogP contribution in [0.4, 0.5) is 0 Å². The molecule has 0 radical (unpaired) electrons. The number of likely N-dealkylation sites (tertiary alicyclic amines) is 1. The first-order valence-electron chi connectivity index (χ1n) is 7.48. The summed E-state index contributed by atoms with van der Waals surface area (Å²) >= 11 is 0. The molecule has 2 aliphatic rings. The topological polar surface area (TPSA) is 58.8 Å². The number of rotatable bonds is 4. The Balaban J connectivity index is 1.69. The van der Waals surface area contributed by atoms with Crippen LogP contribution in [-0.4, -0.2) is 67.7 Å². The molecule has 19 heavy (non-hydrogen) atoms. The van der Waals surface area contributed by atoms with Gasteiger partial charge in [0.1, 0.15) is 0 Å². The lowest BCUT2D eigenvalue weighted by atomic mass is 10.1. The van der Waals surface area contributed by atoms with Gasteiger partial charge in [0.2, 0.25) is 5.91 Å². The van der Waals surface area contributed by atoms with Crippen LogP contribution in [0.3, 0.4) is 0 Å². The van der Waals surface area contributed by atoms with Crippen molar-refractivity contribution in [2.75, 3.05) is 39.8 Å². The van der Waals surface area contributed by atoms with Crippen molar-refractivity contribution in [3.63, 3.8) is 0 Å². The molecule has 0 saturated carbocycles. The molecule has 2 rings (SSSR count). The number of hydrogen-bond acceptors (Lipinski definition) is 4. The molecule has 2 aliphatic heterocycles. The molecule has 0 aromatic heterocycles. The lowest BCUT2D eigenvalue weighted by Gasteiger charge is -2.32. The van der Waals surface area contributed by atoms with Crippen molar-refractivity contribution >= 4 is 5.91 Å². The molecule has 5 heteroatoms. The van der Waals surface area contributed by atoms with Gasteiger partial charge < -0.3 is 15.4 Å². The summed E-state index contributed by atoms with van der Waals surface area (Å²) in [6.45, 7) is 3.99. The van der Waals surface area contributed by atoms with Gasteiger partial charge in [0, 0.05) is 39.3 Å². The fourth-order valence-electron chi connectivity index (χ4n) is 2.78. The Hall–Kier alpha value is -0.650. The maximum Gasteiger partial charge on any atom is 0.236 e. The van der Waals surface area contributed by atoms with E-state index in [0.29, 0.717) is 12.6 Å². The molecule has 1 amide bonds. The van der Waals surface area contributed by atoms with Gasteiger partial charge in [-0.05, 0) is 32.1 Å². The smallest absolute Gasteiger partial charge is 0.236 e. The second-order valence-electron chi connectivity index (χ2n) is 5.88. The van der Waals surface area contributed by atoms with Gasteiger partial charge in [0.05, 0.1) is 12.6 Å². The third-order valence-corrected chi connectivity index (χ3v) is 4.17. The van der Waals surface area contributed by atoms with Gasteiger partial charge in [-0.25, -0.2) is 0 Å². The van der Waals surface area contributed by atoms with Crippen LogP contribution < -0.4 is 5.73 Å². The summed E-state index contributed by atoms with van der Waals surface area (Å²) in [6, 6.07) is 0.319. The first-order valence-corrected chi connectivity index (χ1v) is 7.48. The number of nitrogens with two attached hydrogens (primary N) is 1.